The fraction of sp³-hybridized carbons (Fsp3) is 0.300. The number of piperazine rings is 1. The summed E-state index contributed by atoms with van der Waals surface area (Å²) in [6, 6.07) is 12.8. The van der Waals surface area contributed by atoms with E-state index in [2.05, 4.69) is 21.9 Å². The summed E-state index contributed by atoms with van der Waals surface area (Å²) in [5.74, 6) is -2.06. The van der Waals surface area contributed by atoms with E-state index in [4.69, 9.17) is 11.6 Å². The van der Waals surface area contributed by atoms with E-state index in [1.165, 1.54) is 22.6 Å². The van der Waals surface area contributed by atoms with Crippen molar-refractivity contribution in [1.82, 2.24) is 9.80 Å². The number of halogens is 2. The van der Waals surface area contributed by atoms with Gasteiger partial charge in [0.1, 0.15) is 5.82 Å². The molecule has 0 radical (unpaired) electrons. The second kappa shape index (κ2) is 7.38. The van der Waals surface area contributed by atoms with Crippen LogP contribution in [0.25, 0.3) is 0 Å². The van der Waals surface area contributed by atoms with E-state index in [0.717, 1.165) is 32.7 Å². The van der Waals surface area contributed by atoms with Crippen molar-refractivity contribution in [2.75, 3.05) is 37.7 Å². The second-order valence-corrected chi connectivity index (χ2v) is 7.24. The zero-order valence-corrected chi connectivity index (χ0v) is 15.5. The van der Waals surface area contributed by atoms with Gasteiger partial charge in [0.2, 0.25) is 0 Å². The molecule has 1 saturated heterocycles. The lowest BCUT2D eigenvalue weighted by atomic mass is 10.1. The number of ketones is 1. The molecule has 4 rings (SSSR count). The van der Waals surface area contributed by atoms with Crippen LogP contribution in [0, 0.1) is 5.82 Å². The molecule has 7 heteroatoms. The van der Waals surface area contributed by atoms with Gasteiger partial charge in [-0.05, 0) is 17.7 Å². The summed E-state index contributed by atoms with van der Waals surface area (Å²) in [6.07, 6.45) is 0. The van der Waals surface area contributed by atoms with Crippen LogP contribution in [-0.4, -0.2) is 54.3 Å². The molecule has 0 aromatic heterocycles. The summed E-state index contributed by atoms with van der Waals surface area (Å²) < 4.78 is 14.3. The van der Waals surface area contributed by atoms with Crippen LogP contribution in [0.2, 0.25) is 5.02 Å². The standard InChI is InChI=1S/C20H19ClFN3O2/c21-15-6-7-16(22)18-17(15)19(26)20(27)25(18)13-24-10-8-23(9-11-24)12-14-4-2-1-3-5-14/h1-7H,8-13H2. The molecule has 0 N–H and O–H groups in total. The predicted octanol–water partition coefficient (Wildman–Crippen LogP) is 2.78. The molecule has 2 aromatic rings. The number of anilines is 1. The van der Waals surface area contributed by atoms with Crippen molar-refractivity contribution in [3.63, 3.8) is 0 Å². The molecule has 0 atom stereocenters. The van der Waals surface area contributed by atoms with Crippen LogP contribution in [0.15, 0.2) is 42.5 Å². The zero-order chi connectivity index (χ0) is 19.0. The summed E-state index contributed by atoms with van der Waals surface area (Å²) in [4.78, 5) is 30.2. The Labute approximate surface area is 161 Å². The molecule has 0 aliphatic carbocycles. The largest absolute Gasteiger partial charge is 0.300 e. The molecule has 0 saturated carbocycles. The van der Waals surface area contributed by atoms with E-state index >= 15 is 0 Å². The average Bonchev–Trinajstić information content (AvgIpc) is 2.93. The first kappa shape index (κ1) is 18.1. The molecule has 1 amide bonds. The Morgan fingerprint density at radius 2 is 1.59 bits per heavy atom. The quantitative estimate of drug-likeness (QED) is 0.757. The fourth-order valence-corrected chi connectivity index (χ4v) is 3.86. The van der Waals surface area contributed by atoms with Crippen molar-refractivity contribution in [2.45, 2.75) is 6.54 Å². The lowest BCUT2D eigenvalue weighted by Crippen LogP contribution is -2.50. The minimum Gasteiger partial charge on any atom is -0.297 e. The molecule has 0 unspecified atom stereocenters. The Balaban J connectivity index is 1.42. The van der Waals surface area contributed by atoms with Gasteiger partial charge in [-0.2, -0.15) is 0 Å². The van der Waals surface area contributed by atoms with E-state index in [0.29, 0.717) is 0 Å². The number of carbonyl (C=O) groups excluding carboxylic acids is 2. The highest BCUT2D eigenvalue weighted by atomic mass is 35.5. The van der Waals surface area contributed by atoms with Gasteiger partial charge >= 0.3 is 5.91 Å². The van der Waals surface area contributed by atoms with Gasteiger partial charge in [-0.3, -0.25) is 24.3 Å². The maximum Gasteiger partial charge on any atom is 0.300 e. The summed E-state index contributed by atoms with van der Waals surface area (Å²) in [5.41, 5.74) is 1.24. The Morgan fingerprint density at radius 3 is 2.30 bits per heavy atom. The highest BCUT2D eigenvalue weighted by Gasteiger charge is 2.40. The SMILES string of the molecule is O=C1C(=O)N(CN2CCN(Cc3ccccc3)CC2)c2c(F)ccc(Cl)c21. The summed E-state index contributed by atoms with van der Waals surface area (Å²) in [7, 11) is 0. The summed E-state index contributed by atoms with van der Waals surface area (Å²) in [5, 5.41) is 0.111. The van der Waals surface area contributed by atoms with Crippen LogP contribution in [0.1, 0.15) is 15.9 Å². The number of nitrogens with zero attached hydrogens (tertiary/aromatic N) is 3. The van der Waals surface area contributed by atoms with Gasteiger partial charge in [0.15, 0.2) is 0 Å². The van der Waals surface area contributed by atoms with Crippen molar-refractivity contribution in [1.29, 1.82) is 0 Å². The molecule has 5 nitrogen and oxygen atoms in total. The maximum absolute atomic E-state index is 14.3. The molecule has 2 aromatic carbocycles. The minimum absolute atomic E-state index is 0.00390. The highest BCUT2D eigenvalue weighted by molar-refractivity contribution is 6.55. The molecule has 0 bridgehead atoms. The van der Waals surface area contributed by atoms with E-state index in [1.807, 2.05) is 18.2 Å². The van der Waals surface area contributed by atoms with E-state index in [9.17, 15) is 14.0 Å². The normalized spacial score (nSPS) is 18.2. The number of fused-ring (bicyclic) bond motifs is 1. The van der Waals surface area contributed by atoms with Crippen LogP contribution in [0.5, 0.6) is 0 Å². The van der Waals surface area contributed by atoms with Crippen LogP contribution in [0.3, 0.4) is 0 Å². The van der Waals surface area contributed by atoms with Crippen molar-refractivity contribution in [3.05, 3.63) is 64.4 Å². The van der Waals surface area contributed by atoms with Gasteiger partial charge in [-0.25, -0.2) is 4.39 Å². The van der Waals surface area contributed by atoms with Crippen molar-refractivity contribution in [2.24, 2.45) is 0 Å². The summed E-state index contributed by atoms with van der Waals surface area (Å²) in [6.45, 7) is 4.23. The number of benzene rings is 2. The zero-order valence-electron chi connectivity index (χ0n) is 14.7. The smallest absolute Gasteiger partial charge is 0.297 e. The molecular weight excluding hydrogens is 369 g/mol. The number of Topliss-reactive ketones (excluding diaryl/α,β-unsaturated/α-hetero) is 1. The predicted molar refractivity (Wildman–Crippen MR) is 101 cm³/mol. The topological polar surface area (TPSA) is 43.9 Å². The third-order valence-electron chi connectivity index (χ3n) is 5.07. The fourth-order valence-electron chi connectivity index (χ4n) is 3.62. The Kier molecular flexibility index (Phi) is 4.95. The highest BCUT2D eigenvalue weighted by Crippen LogP contribution is 2.36. The molecular formula is C20H19ClFN3O2. The number of hydrogen-bond donors (Lipinski definition) is 0. The first-order valence-electron chi connectivity index (χ1n) is 8.87. The minimum atomic E-state index is -0.739. The van der Waals surface area contributed by atoms with Gasteiger partial charge in [0.25, 0.3) is 5.78 Å². The monoisotopic (exact) mass is 387 g/mol. The van der Waals surface area contributed by atoms with Crippen LogP contribution in [0.4, 0.5) is 10.1 Å². The van der Waals surface area contributed by atoms with Crippen molar-refractivity contribution in [3.8, 4) is 0 Å². The number of hydrogen-bond acceptors (Lipinski definition) is 4. The lowest BCUT2D eigenvalue weighted by Gasteiger charge is -2.36. The molecule has 2 aliphatic heterocycles. The average molecular weight is 388 g/mol. The Morgan fingerprint density at radius 1 is 0.926 bits per heavy atom. The van der Waals surface area contributed by atoms with Gasteiger partial charge < -0.3 is 0 Å². The molecule has 27 heavy (non-hydrogen) atoms. The number of carbonyl (C=O) groups is 2. The van der Waals surface area contributed by atoms with Crippen molar-refractivity contribution >= 4 is 29.0 Å². The number of amides is 1. The van der Waals surface area contributed by atoms with E-state index < -0.39 is 17.5 Å². The molecule has 140 valence electrons. The van der Waals surface area contributed by atoms with Crippen LogP contribution < -0.4 is 4.90 Å². The second-order valence-electron chi connectivity index (χ2n) is 6.84. The summed E-state index contributed by atoms with van der Waals surface area (Å²) >= 11 is 6.02. The molecule has 2 aliphatic rings. The molecule has 1 fully saturated rings. The van der Waals surface area contributed by atoms with E-state index in [1.54, 1.807) is 0 Å². The molecule has 2 heterocycles. The third kappa shape index (κ3) is 3.48. The van der Waals surface area contributed by atoms with Crippen LogP contribution in [-0.2, 0) is 11.3 Å². The first-order valence-corrected chi connectivity index (χ1v) is 9.25. The van der Waals surface area contributed by atoms with Crippen LogP contribution >= 0.6 is 11.6 Å². The number of rotatable bonds is 4. The first-order chi connectivity index (χ1) is 13.0. The van der Waals surface area contributed by atoms with Gasteiger partial charge in [0.05, 0.1) is 22.9 Å². The lowest BCUT2D eigenvalue weighted by molar-refractivity contribution is -0.114. The van der Waals surface area contributed by atoms with E-state index in [-0.39, 0.29) is 22.9 Å². The van der Waals surface area contributed by atoms with Crippen molar-refractivity contribution < 1.29 is 14.0 Å². The Hall–Kier alpha value is -2.28. The molecule has 0 spiro atoms. The Bertz CT molecular complexity index is 882. The van der Waals surface area contributed by atoms with Gasteiger partial charge in [0, 0.05) is 32.7 Å². The third-order valence-corrected chi connectivity index (χ3v) is 5.38. The van der Waals surface area contributed by atoms with Gasteiger partial charge in [-0.1, -0.05) is 41.9 Å². The maximum atomic E-state index is 14.3. The van der Waals surface area contributed by atoms with Gasteiger partial charge in [-0.15, -0.1) is 0 Å².